The van der Waals surface area contributed by atoms with Gasteiger partial charge in [-0.3, -0.25) is 14.9 Å². The third-order valence-corrected chi connectivity index (χ3v) is 1.91. The maximum Gasteiger partial charge on any atom is 0.310 e. The summed E-state index contributed by atoms with van der Waals surface area (Å²) < 4.78 is 17.3. The van der Waals surface area contributed by atoms with E-state index in [2.05, 4.69) is 4.74 Å². The number of hydrogen-bond acceptors (Lipinski definition) is 5. The molecule has 0 aromatic heterocycles. The summed E-state index contributed by atoms with van der Waals surface area (Å²) in [6.45, 7) is 0. The van der Waals surface area contributed by atoms with Crippen LogP contribution in [0.3, 0.4) is 0 Å². The summed E-state index contributed by atoms with van der Waals surface area (Å²) in [4.78, 5) is 20.4. The molecular formula is C9H8FNO5. The van der Waals surface area contributed by atoms with E-state index >= 15 is 0 Å². The van der Waals surface area contributed by atoms with Crippen molar-refractivity contribution in [1.29, 1.82) is 0 Å². The highest BCUT2D eigenvalue weighted by atomic mass is 19.1. The van der Waals surface area contributed by atoms with Gasteiger partial charge in [0.1, 0.15) is 5.75 Å². The molecule has 0 saturated heterocycles. The lowest BCUT2D eigenvalue weighted by Gasteiger charge is -2.03. The molecule has 0 spiro atoms. The summed E-state index contributed by atoms with van der Waals surface area (Å²) in [5.74, 6) is -2.36. The summed E-state index contributed by atoms with van der Waals surface area (Å²) in [5, 5.41) is 19.7. The van der Waals surface area contributed by atoms with Crippen molar-refractivity contribution < 1.29 is 24.0 Å². The molecule has 86 valence electrons. The number of aromatic hydroxyl groups is 1. The summed E-state index contributed by atoms with van der Waals surface area (Å²) >= 11 is 0. The fourth-order valence-electron chi connectivity index (χ4n) is 1.10. The molecule has 16 heavy (non-hydrogen) atoms. The molecule has 0 aliphatic carbocycles. The topological polar surface area (TPSA) is 89.7 Å². The molecular weight excluding hydrogens is 221 g/mol. The van der Waals surface area contributed by atoms with Gasteiger partial charge in [0.15, 0.2) is 0 Å². The Morgan fingerprint density at radius 3 is 2.75 bits per heavy atom. The second-order valence-corrected chi connectivity index (χ2v) is 2.94. The number of nitrogens with zero attached hydrogens (tertiary/aromatic N) is 1. The first-order valence-electron chi connectivity index (χ1n) is 4.18. The van der Waals surface area contributed by atoms with Gasteiger partial charge in [0.25, 0.3) is 0 Å². The Morgan fingerprint density at radius 2 is 2.25 bits per heavy atom. The number of phenols is 1. The first-order chi connectivity index (χ1) is 7.45. The molecule has 0 unspecified atom stereocenters. The highest BCUT2D eigenvalue weighted by molar-refractivity contribution is 5.73. The predicted molar refractivity (Wildman–Crippen MR) is 50.4 cm³/mol. The molecule has 1 rings (SSSR count). The Balaban J connectivity index is 3.14. The van der Waals surface area contributed by atoms with Crippen LogP contribution >= 0.6 is 0 Å². The van der Waals surface area contributed by atoms with Gasteiger partial charge in [-0.1, -0.05) is 0 Å². The van der Waals surface area contributed by atoms with Crippen LogP contribution in [0.1, 0.15) is 5.56 Å². The Labute approximate surface area is 89.4 Å². The second-order valence-electron chi connectivity index (χ2n) is 2.94. The van der Waals surface area contributed by atoms with Gasteiger partial charge in [-0.05, 0) is 0 Å². The molecule has 0 bridgehead atoms. The minimum atomic E-state index is -1.16. The number of rotatable bonds is 3. The summed E-state index contributed by atoms with van der Waals surface area (Å²) in [6.07, 6.45) is -0.358. The van der Waals surface area contributed by atoms with Gasteiger partial charge in [0.2, 0.25) is 5.82 Å². The van der Waals surface area contributed by atoms with E-state index in [1.807, 2.05) is 0 Å². The van der Waals surface area contributed by atoms with Crippen molar-refractivity contribution in [2.75, 3.05) is 7.11 Å². The molecule has 0 atom stereocenters. The summed E-state index contributed by atoms with van der Waals surface area (Å²) in [7, 11) is 1.14. The van der Waals surface area contributed by atoms with E-state index in [1.165, 1.54) is 0 Å². The zero-order valence-corrected chi connectivity index (χ0v) is 8.27. The van der Waals surface area contributed by atoms with Crippen molar-refractivity contribution in [1.82, 2.24) is 0 Å². The van der Waals surface area contributed by atoms with Crippen molar-refractivity contribution in [2.45, 2.75) is 6.42 Å². The number of methoxy groups -OCH3 is 1. The third-order valence-electron chi connectivity index (χ3n) is 1.91. The maximum absolute atomic E-state index is 13.0. The minimum absolute atomic E-state index is 0.0556. The first-order valence-corrected chi connectivity index (χ1v) is 4.18. The van der Waals surface area contributed by atoms with Crippen LogP contribution in [0.15, 0.2) is 12.1 Å². The molecule has 0 radical (unpaired) electrons. The van der Waals surface area contributed by atoms with Crippen LogP contribution in [0.5, 0.6) is 5.75 Å². The number of ether oxygens (including phenoxy) is 1. The Bertz CT molecular complexity index is 446. The molecule has 0 amide bonds. The van der Waals surface area contributed by atoms with Crippen LogP contribution in [-0.2, 0) is 16.0 Å². The van der Waals surface area contributed by atoms with E-state index < -0.39 is 28.1 Å². The van der Waals surface area contributed by atoms with Crippen molar-refractivity contribution in [3.05, 3.63) is 33.6 Å². The number of phenolic OH excluding ortho intramolecular Hbond substituents is 1. The van der Waals surface area contributed by atoms with Gasteiger partial charge in [0.05, 0.1) is 18.5 Å². The average molecular weight is 229 g/mol. The lowest BCUT2D eigenvalue weighted by Crippen LogP contribution is -2.05. The number of nitro groups is 1. The van der Waals surface area contributed by atoms with Gasteiger partial charge >= 0.3 is 11.7 Å². The Kier molecular flexibility index (Phi) is 3.39. The standard InChI is InChI=1S/C9H8FNO5/c1-16-9(13)3-5-2-7(11(14)15)6(10)4-8(5)12/h2,4,12H,3H2,1H3. The maximum atomic E-state index is 13.0. The molecule has 0 heterocycles. The molecule has 7 heteroatoms. The second kappa shape index (κ2) is 4.56. The summed E-state index contributed by atoms with van der Waals surface area (Å²) in [5.41, 5.74) is -0.850. The van der Waals surface area contributed by atoms with E-state index in [1.54, 1.807) is 0 Å². The van der Waals surface area contributed by atoms with E-state index in [4.69, 9.17) is 0 Å². The van der Waals surface area contributed by atoms with Gasteiger partial charge in [0, 0.05) is 17.7 Å². The van der Waals surface area contributed by atoms with Gasteiger partial charge in [-0.2, -0.15) is 4.39 Å². The Morgan fingerprint density at radius 1 is 1.62 bits per heavy atom. The number of benzene rings is 1. The number of esters is 1. The molecule has 1 N–H and O–H groups in total. The van der Waals surface area contributed by atoms with Crippen molar-refractivity contribution >= 4 is 11.7 Å². The number of halogens is 1. The smallest absolute Gasteiger partial charge is 0.310 e. The first kappa shape index (κ1) is 11.9. The molecule has 1 aromatic carbocycles. The molecule has 0 aliphatic rings. The summed E-state index contributed by atoms with van der Waals surface area (Å²) in [6, 6.07) is 1.40. The lowest BCUT2D eigenvalue weighted by atomic mass is 10.1. The third kappa shape index (κ3) is 2.44. The largest absolute Gasteiger partial charge is 0.508 e. The quantitative estimate of drug-likeness (QED) is 0.477. The van der Waals surface area contributed by atoms with Crippen LogP contribution < -0.4 is 0 Å². The Hall–Kier alpha value is -2.18. The van der Waals surface area contributed by atoms with Gasteiger partial charge in [-0.15, -0.1) is 0 Å². The molecule has 0 aliphatic heterocycles. The predicted octanol–water partition coefficient (Wildman–Crippen LogP) is 1.15. The highest BCUT2D eigenvalue weighted by Gasteiger charge is 2.19. The molecule has 6 nitrogen and oxygen atoms in total. The number of carbonyl (C=O) groups is 1. The van der Waals surface area contributed by atoms with Crippen LogP contribution in [0.2, 0.25) is 0 Å². The number of carbonyl (C=O) groups excluding carboxylic acids is 1. The van der Waals surface area contributed by atoms with E-state index in [0.29, 0.717) is 6.07 Å². The number of hydrogen-bond donors (Lipinski definition) is 1. The van der Waals surface area contributed by atoms with Crippen molar-refractivity contribution in [3.63, 3.8) is 0 Å². The number of nitro benzene ring substituents is 1. The molecule has 0 fully saturated rings. The van der Waals surface area contributed by atoms with Gasteiger partial charge < -0.3 is 9.84 Å². The highest BCUT2D eigenvalue weighted by Crippen LogP contribution is 2.27. The fraction of sp³-hybridized carbons (Fsp3) is 0.222. The lowest BCUT2D eigenvalue weighted by molar-refractivity contribution is -0.387. The zero-order valence-electron chi connectivity index (χ0n) is 8.27. The fourth-order valence-corrected chi connectivity index (χ4v) is 1.10. The average Bonchev–Trinajstić information content (AvgIpc) is 2.21. The zero-order chi connectivity index (χ0) is 12.3. The SMILES string of the molecule is COC(=O)Cc1cc([N+](=O)[O-])c(F)cc1O. The van der Waals surface area contributed by atoms with Gasteiger partial charge in [-0.25, -0.2) is 0 Å². The van der Waals surface area contributed by atoms with Crippen LogP contribution in [-0.4, -0.2) is 23.1 Å². The van der Waals surface area contributed by atoms with Crippen LogP contribution in [0.4, 0.5) is 10.1 Å². The van der Waals surface area contributed by atoms with Crippen LogP contribution in [0, 0.1) is 15.9 Å². The molecule has 1 aromatic rings. The van der Waals surface area contributed by atoms with Crippen LogP contribution in [0.25, 0.3) is 0 Å². The van der Waals surface area contributed by atoms with E-state index in [-0.39, 0.29) is 12.0 Å². The minimum Gasteiger partial charge on any atom is -0.508 e. The van der Waals surface area contributed by atoms with Crippen molar-refractivity contribution in [3.8, 4) is 5.75 Å². The normalized spacial score (nSPS) is 9.88. The van der Waals surface area contributed by atoms with Crippen molar-refractivity contribution in [2.24, 2.45) is 0 Å². The molecule has 0 saturated carbocycles. The monoisotopic (exact) mass is 229 g/mol. The van der Waals surface area contributed by atoms with E-state index in [0.717, 1.165) is 13.2 Å². The van der Waals surface area contributed by atoms with E-state index in [9.17, 15) is 24.4 Å².